The molecule has 0 saturated heterocycles. The van der Waals surface area contributed by atoms with Crippen molar-refractivity contribution >= 4 is 28.5 Å². The minimum atomic E-state index is -0.341. The average molecular weight is 408 g/mol. The highest BCUT2D eigenvalue weighted by molar-refractivity contribution is 5.83. The number of ether oxygens (including phenoxy) is 1. The molecule has 0 aliphatic heterocycles. The molecule has 0 aliphatic rings. The number of para-hydroxylation sites is 1. The molecule has 0 atom stereocenters. The van der Waals surface area contributed by atoms with Crippen molar-refractivity contribution in [3.8, 4) is 0 Å². The van der Waals surface area contributed by atoms with E-state index in [4.69, 9.17) is 4.74 Å². The smallest absolute Gasteiger partial charge is 0.306 e. The van der Waals surface area contributed by atoms with Crippen LogP contribution < -0.4 is 4.90 Å². The van der Waals surface area contributed by atoms with Gasteiger partial charge in [0.25, 0.3) is 5.91 Å². The summed E-state index contributed by atoms with van der Waals surface area (Å²) in [5.41, 5.74) is 4.42. The van der Waals surface area contributed by atoms with E-state index in [2.05, 4.69) is 11.1 Å². The van der Waals surface area contributed by atoms with Crippen LogP contribution in [-0.2, 0) is 27.3 Å². The standard InChI is InChI=1S/C24H29N3O3/c1-26(2)20-13-11-18(12-14-20)16-27(3)23(28)17-30-24(29)10-6-7-19-15-25-22-9-5-4-8-21(19)22/h4-5,8-9,11-15,25H,6-7,10,16-17H2,1-3H3. The van der Waals surface area contributed by atoms with Gasteiger partial charge in [-0.15, -0.1) is 0 Å². The van der Waals surface area contributed by atoms with Gasteiger partial charge in [-0.2, -0.15) is 0 Å². The lowest BCUT2D eigenvalue weighted by atomic mass is 10.1. The normalized spacial score (nSPS) is 10.8. The van der Waals surface area contributed by atoms with E-state index in [1.807, 2.05) is 67.7 Å². The highest BCUT2D eigenvalue weighted by Gasteiger charge is 2.13. The van der Waals surface area contributed by atoms with Gasteiger partial charge in [-0.3, -0.25) is 9.59 Å². The summed E-state index contributed by atoms with van der Waals surface area (Å²) in [6.45, 7) is 0.253. The number of nitrogens with one attached hydrogen (secondary N) is 1. The fourth-order valence-electron chi connectivity index (χ4n) is 3.35. The Morgan fingerprint density at radius 1 is 1.00 bits per heavy atom. The summed E-state index contributed by atoms with van der Waals surface area (Å²) in [6, 6.07) is 16.1. The molecule has 1 aromatic heterocycles. The molecule has 3 rings (SSSR count). The molecule has 1 amide bonds. The van der Waals surface area contributed by atoms with Crippen molar-refractivity contribution in [2.45, 2.75) is 25.8 Å². The molecule has 0 aliphatic carbocycles. The van der Waals surface area contributed by atoms with Gasteiger partial charge in [0.1, 0.15) is 0 Å². The molecule has 3 aromatic rings. The summed E-state index contributed by atoms with van der Waals surface area (Å²) in [7, 11) is 5.69. The Morgan fingerprint density at radius 3 is 2.47 bits per heavy atom. The number of carbonyl (C=O) groups excluding carboxylic acids is 2. The predicted molar refractivity (Wildman–Crippen MR) is 119 cm³/mol. The van der Waals surface area contributed by atoms with Gasteiger partial charge < -0.3 is 19.5 Å². The lowest BCUT2D eigenvalue weighted by Gasteiger charge is -2.18. The molecule has 1 N–H and O–H groups in total. The van der Waals surface area contributed by atoms with Crippen molar-refractivity contribution in [1.29, 1.82) is 0 Å². The van der Waals surface area contributed by atoms with Gasteiger partial charge in [0, 0.05) is 56.9 Å². The molecule has 30 heavy (non-hydrogen) atoms. The Bertz CT molecular complexity index is 992. The summed E-state index contributed by atoms with van der Waals surface area (Å²) in [4.78, 5) is 31.1. The largest absolute Gasteiger partial charge is 0.456 e. The number of rotatable bonds is 9. The van der Waals surface area contributed by atoms with Crippen LogP contribution in [0.25, 0.3) is 10.9 Å². The molecule has 0 radical (unpaired) electrons. The van der Waals surface area contributed by atoms with Gasteiger partial charge in [0.15, 0.2) is 6.61 Å². The van der Waals surface area contributed by atoms with Crippen LogP contribution in [0, 0.1) is 0 Å². The quantitative estimate of drug-likeness (QED) is 0.549. The number of anilines is 1. The number of aromatic amines is 1. The van der Waals surface area contributed by atoms with Gasteiger partial charge in [0.05, 0.1) is 0 Å². The molecule has 0 saturated carbocycles. The van der Waals surface area contributed by atoms with E-state index in [0.29, 0.717) is 19.4 Å². The van der Waals surface area contributed by atoms with E-state index in [-0.39, 0.29) is 18.5 Å². The van der Waals surface area contributed by atoms with Crippen LogP contribution >= 0.6 is 0 Å². The Labute approximate surface area is 177 Å². The van der Waals surface area contributed by atoms with Crippen LogP contribution in [0.3, 0.4) is 0 Å². The number of benzene rings is 2. The maximum absolute atomic E-state index is 12.3. The number of fused-ring (bicyclic) bond motifs is 1. The predicted octanol–water partition coefficient (Wildman–Crippen LogP) is 3.76. The Morgan fingerprint density at radius 2 is 1.73 bits per heavy atom. The lowest BCUT2D eigenvalue weighted by Crippen LogP contribution is -2.30. The molecule has 0 spiro atoms. The fraction of sp³-hybridized carbons (Fsp3) is 0.333. The number of amides is 1. The number of carbonyl (C=O) groups is 2. The first-order valence-electron chi connectivity index (χ1n) is 10.1. The fourth-order valence-corrected chi connectivity index (χ4v) is 3.35. The Hall–Kier alpha value is -3.28. The van der Waals surface area contributed by atoms with E-state index in [0.717, 1.165) is 23.2 Å². The van der Waals surface area contributed by atoms with Crippen molar-refractivity contribution < 1.29 is 14.3 Å². The summed E-state index contributed by atoms with van der Waals surface area (Å²) in [5, 5.41) is 1.18. The zero-order valence-electron chi connectivity index (χ0n) is 17.9. The molecule has 0 fully saturated rings. The second-order valence-corrected chi connectivity index (χ2v) is 7.68. The first kappa shape index (κ1) is 21.4. The monoisotopic (exact) mass is 407 g/mol. The summed E-state index contributed by atoms with van der Waals surface area (Å²) in [5.74, 6) is -0.552. The second kappa shape index (κ2) is 9.96. The molecule has 0 unspecified atom stereocenters. The summed E-state index contributed by atoms with van der Waals surface area (Å²) < 4.78 is 5.18. The van der Waals surface area contributed by atoms with Crippen molar-refractivity contribution in [3.05, 3.63) is 65.9 Å². The average Bonchev–Trinajstić information content (AvgIpc) is 3.15. The second-order valence-electron chi connectivity index (χ2n) is 7.68. The topological polar surface area (TPSA) is 65.6 Å². The molecule has 1 heterocycles. The first-order valence-corrected chi connectivity index (χ1v) is 10.1. The molecule has 6 nitrogen and oxygen atoms in total. The molecule has 0 bridgehead atoms. The van der Waals surface area contributed by atoms with Crippen molar-refractivity contribution in [1.82, 2.24) is 9.88 Å². The Kier molecular flexibility index (Phi) is 7.12. The van der Waals surface area contributed by atoms with Gasteiger partial charge in [0.2, 0.25) is 0 Å². The number of esters is 1. The van der Waals surface area contributed by atoms with Gasteiger partial charge in [-0.25, -0.2) is 0 Å². The van der Waals surface area contributed by atoms with Crippen LogP contribution in [-0.4, -0.2) is 49.5 Å². The van der Waals surface area contributed by atoms with Crippen LogP contribution in [0.1, 0.15) is 24.0 Å². The van der Waals surface area contributed by atoms with Crippen LogP contribution in [0.4, 0.5) is 5.69 Å². The number of hydrogen-bond acceptors (Lipinski definition) is 4. The summed E-state index contributed by atoms with van der Waals surface area (Å²) >= 11 is 0. The van der Waals surface area contributed by atoms with E-state index < -0.39 is 0 Å². The third kappa shape index (κ3) is 5.63. The lowest BCUT2D eigenvalue weighted by molar-refractivity contribution is -0.151. The maximum atomic E-state index is 12.3. The summed E-state index contributed by atoms with van der Waals surface area (Å²) in [6.07, 6.45) is 3.75. The van der Waals surface area contributed by atoms with E-state index in [9.17, 15) is 9.59 Å². The van der Waals surface area contributed by atoms with Crippen LogP contribution in [0.2, 0.25) is 0 Å². The number of aryl methyl sites for hydroxylation is 1. The Balaban J connectivity index is 1.38. The SMILES string of the molecule is CN(Cc1ccc(N(C)C)cc1)C(=O)COC(=O)CCCc1c[nH]c2ccccc12. The number of likely N-dealkylation sites (N-methyl/N-ethyl adjacent to an activating group) is 1. The van der Waals surface area contributed by atoms with Crippen LogP contribution in [0.15, 0.2) is 54.7 Å². The van der Waals surface area contributed by atoms with Gasteiger partial charge >= 0.3 is 5.97 Å². The minimum absolute atomic E-state index is 0.211. The first-order chi connectivity index (χ1) is 14.4. The highest BCUT2D eigenvalue weighted by Crippen LogP contribution is 2.19. The molecular formula is C24H29N3O3. The van der Waals surface area contributed by atoms with Crippen molar-refractivity contribution in [2.24, 2.45) is 0 Å². The zero-order valence-corrected chi connectivity index (χ0v) is 17.9. The minimum Gasteiger partial charge on any atom is -0.456 e. The van der Waals surface area contributed by atoms with E-state index in [1.165, 1.54) is 10.9 Å². The third-order valence-corrected chi connectivity index (χ3v) is 5.16. The van der Waals surface area contributed by atoms with Gasteiger partial charge in [-0.05, 0) is 42.2 Å². The van der Waals surface area contributed by atoms with Crippen molar-refractivity contribution in [2.75, 3.05) is 32.6 Å². The number of aromatic nitrogens is 1. The highest BCUT2D eigenvalue weighted by atomic mass is 16.5. The van der Waals surface area contributed by atoms with E-state index in [1.54, 1.807) is 11.9 Å². The molecule has 2 aromatic carbocycles. The van der Waals surface area contributed by atoms with E-state index >= 15 is 0 Å². The number of nitrogens with zero attached hydrogens (tertiary/aromatic N) is 2. The molecule has 158 valence electrons. The number of hydrogen-bond donors (Lipinski definition) is 1. The van der Waals surface area contributed by atoms with Gasteiger partial charge in [-0.1, -0.05) is 30.3 Å². The number of H-pyrrole nitrogens is 1. The third-order valence-electron chi connectivity index (χ3n) is 5.16. The van der Waals surface area contributed by atoms with Crippen molar-refractivity contribution in [3.63, 3.8) is 0 Å². The maximum Gasteiger partial charge on any atom is 0.306 e. The molecular weight excluding hydrogens is 378 g/mol. The molecule has 6 heteroatoms. The van der Waals surface area contributed by atoms with Crippen LogP contribution in [0.5, 0.6) is 0 Å². The zero-order chi connectivity index (χ0) is 21.5.